The van der Waals surface area contributed by atoms with Crippen LogP contribution in [0, 0.1) is 6.92 Å². The van der Waals surface area contributed by atoms with Gasteiger partial charge in [0.15, 0.2) is 10.9 Å². The molecule has 0 radical (unpaired) electrons. The summed E-state index contributed by atoms with van der Waals surface area (Å²) in [6.45, 7) is 2.28. The lowest BCUT2D eigenvalue weighted by molar-refractivity contribution is 0.0930. The molecule has 1 aliphatic carbocycles. The van der Waals surface area contributed by atoms with Crippen molar-refractivity contribution in [2.24, 2.45) is 0 Å². The van der Waals surface area contributed by atoms with Gasteiger partial charge in [-0.3, -0.25) is 19.0 Å². The zero-order chi connectivity index (χ0) is 26.5. The fourth-order valence-electron chi connectivity index (χ4n) is 4.94. The van der Waals surface area contributed by atoms with Crippen molar-refractivity contribution in [2.75, 3.05) is 5.75 Å². The highest BCUT2D eigenvalue weighted by Crippen LogP contribution is 2.30. The van der Waals surface area contributed by atoms with Crippen molar-refractivity contribution < 1.29 is 9.59 Å². The average molecular weight is 546 g/mol. The second kappa shape index (κ2) is 12.1. The van der Waals surface area contributed by atoms with Crippen LogP contribution < -0.4 is 10.9 Å². The fraction of sp³-hybridized carbons (Fsp3) is 0.333. The molecule has 0 saturated heterocycles. The molecule has 4 aromatic rings. The van der Waals surface area contributed by atoms with E-state index in [4.69, 9.17) is 4.98 Å². The van der Waals surface area contributed by atoms with Crippen molar-refractivity contribution >= 4 is 45.0 Å². The Morgan fingerprint density at radius 1 is 1.03 bits per heavy atom. The largest absolute Gasteiger partial charge is 0.349 e. The van der Waals surface area contributed by atoms with Gasteiger partial charge in [0.1, 0.15) is 4.83 Å². The minimum absolute atomic E-state index is 0.0190. The number of aryl methyl sites for hydroxylation is 2. The summed E-state index contributed by atoms with van der Waals surface area (Å²) >= 11 is 2.54. The Hall–Kier alpha value is -3.23. The third-order valence-corrected chi connectivity index (χ3v) is 9.22. The van der Waals surface area contributed by atoms with Gasteiger partial charge in [0.05, 0.1) is 16.0 Å². The predicted molar refractivity (Wildman–Crippen MR) is 155 cm³/mol. The Morgan fingerprint density at radius 3 is 2.42 bits per heavy atom. The molecule has 1 aliphatic rings. The molecule has 1 saturated carbocycles. The molecule has 1 amide bonds. The fourth-order valence-corrected chi connectivity index (χ4v) is 6.99. The van der Waals surface area contributed by atoms with E-state index in [9.17, 15) is 14.4 Å². The first-order valence-electron chi connectivity index (χ1n) is 13.1. The second-order valence-corrected chi connectivity index (χ2v) is 11.7. The number of fused-ring (bicyclic) bond motifs is 1. The van der Waals surface area contributed by atoms with Crippen molar-refractivity contribution in [3.63, 3.8) is 0 Å². The molecule has 0 spiro atoms. The van der Waals surface area contributed by atoms with Crippen molar-refractivity contribution in [1.82, 2.24) is 14.9 Å². The van der Waals surface area contributed by atoms with E-state index in [-0.39, 0.29) is 29.0 Å². The Bertz CT molecular complexity index is 1490. The summed E-state index contributed by atoms with van der Waals surface area (Å²) in [5.74, 6) is 0.0303. The third kappa shape index (κ3) is 5.92. The maximum Gasteiger partial charge on any atom is 0.263 e. The molecule has 5 rings (SSSR count). The van der Waals surface area contributed by atoms with Crippen LogP contribution in [0.3, 0.4) is 0 Å². The number of thiophene rings is 1. The molecule has 0 atom stereocenters. The standard InChI is InChI=1S/C30H31N3O3S2/c1-20-25-28(38-26(20)27(35)31-23-15-9-4-10-16-23)32-30(37-19-24(34)22-13-7-3-8-14-22)33(29(25)36)18-17-21-11-5-2-6-12-21/h2-3,5-8,11-14,23H,4,9-10,15-19H2,1H3,(H,31,35). The van der Waals surface area contributed by atoms with E-state index >= 15 is 0 Å². The number of carbonyl (C=O) groups excluding carboxylic acids is 2. The first-order valence-corrected chi connectivity index (χ1v) is 14.9. The average Bonchev–Trinajstić information content (AvgIpc) is 3.29. The maximum atomic E-state index is 13.8. The van der Waals surface area contributed by atoms with Crippen LogP contribution >= 0.6 is 23.1 Å². The highest BCUT2D eigenvalue weighted by molar-refractivity contribution is 7.99. The van der Waals surface area contributed by atoms with Crippen molar-refractivity contribution in [2.45, 2.75) is 63.2 Å². The number of aromatic nitrogens is 2. The number of benzene rings is 2. The summed E-state index contributed by atoms with van der Waals surface area (Å²) in [4.78, 5) is 45.8. The summed E-state index contributed by atoms with van der Waals surface area (Å²) < 4.78 is 1.67. The van der Waals surface area contributed by atoms with Crippen LogP contribution in [0.5, 0.6) is 0 Å². The van der Waals surface area contributed by atoms with Crippen LogP contribution in [0.15, 0.2) is 70.6 Å². The van der Waals surface area contributed by atoms with E-state index in [1.165, 1.54) is 29.5 Å². The molecule has 6 nitrogen and oxygen atoms in total. The Morgan fingerprint density at radius 2 is 1.71 bits per heavy atom. The number of thioether (sulfide) groups is 1. The summed E-state index contributed by atoms with van der Waals surface area (Å²) in [5.41, 5.74) is 2.27. The lowest BCUT2D eigenvalue weighted by Gasteiger charge is -2.22. The molecule has 1 N–H and O–H groups in total. The van der Waals surface area contributed by atoms with Gasteiger partial charge in [0.25, 0.3) is 11.5 Å². The van der Waals surface area contributed by atoms with E-state index in [0.717, 1.165) is 31.2 Å². The van der Waals surface area contributed by atoms with Gasteiger partial charge in [0.2, 0.25) is 0 Å². The third-order valence-electron chi connectivity index (χ3n) is 7.06. The number of nitrogens with one attached hydrogen (secondary N) is 1. The van der Waals surface area contributed by atoms with Gasteiger partial charge >= 0.3 is 0 Å². The highest BCUT2D eigenvalue weighted by Gasteiger charge is 2.24. The zero-order valence-electron chi connectivity index (χ0n) is 21.4. The van der Waals surface area contributed by atoms with Crippen LogP contribution in [-0.2, 0) is 13.0 Å². The van der Waals surface area contributed by atoms with E-state index in [1.54, 1.807) is 16.7 Å². The van der Waals surface area contributed by atoms with Crippen LogP contribution in [0.4, 0.5) is 0 Å². The number of rotatable bonds is 9. The molecule has 2 aromatic heterocycles. The second-order valence-electron chi connectivity index (χ2n) is 9.71. The van der Waals surface area contributed by atoms with E-state index in [2.05, 4.69) is 5.32 Å². The lowest BCUT2D eigenvalue weighted by Crippen LogP contribution is -2.36. The van der Waals surface area contributed by atoms with Gasteiger partial charge in [-0.05, 0) is 37.3 Å². The molecule has 0 bridgehead atoms. The SMILES string of the molecule is Cc1c(C(=O)NC2CCCCC2)sc2nc(SCC(=O)c3ccccc3)n(CCc3ccccc3)c(=O)c12. The van der Waals surface area contributed by atoms with Crippen LogP contribution in [0.1, 0.15) is 63.3 Å². The van der Waals surface area contributed by atoms with Crippen LogP contribution in [0.25, 0.3) is 10.2 Å². The van der Waals surface area contributed by atoms with Crippen LogP contribution in [-0.4, -0.2) is 33.0 Å². The van der Waals surface area contributed by atoms with E-state index in [0.29, 0.717) is 44.3 Å². The zero-order valence-corrected chi connectivity index (χ0v) is 23.1. The number of hydrogen-bond donors (Lipinski definition) is 1. The van der Waals surface area contributed by atoms with Gasteiger partial charge in [-0.2, -0.15) is 0 Å². The quantitative estimate of drug-likeness (QED) is 0.157. The van der Waals surface area contributed by atoms with Crippen molar-refractivity contribution in [1.29, 1.82) is 0 Å². The molecular formula is C30H31N3O3S2. The van der Waals surface area contributed by atoms with E-state index < -0.39 is 0 Å². The topological polar surface area (TPSA) is 81.1 Å². The van der Waals surface area contributed by atoms with Gasteiger partial charge in [0, 0.05) is 18.2 Å². The first kappa shape index (κ1) is 26.4. The normalized spacial score (nSPS) is 14.0. The molecule has 38 heavy (non-hydrogen) atoms. The maximum absolute atomic E-state index is 13.8. The number of hydrogen-bond acceptors (Lipinski definition) is 6. The van der Waals surface area contributed by atoms with Gasteiger partial charge in [-0.15, -0.1) is 11.3 Å². The molecule has 2 heterocycles. The highest BCUT2D eigenvalue weighted by atomic mass is 32.2. The Kier molecular flexibility index (Phi) is 8.39. The monoisotopic (exact) mass is 545 g/mol. The number of carbonyl (C=O) groups is 2. The van der Waals surface area contributed by atoms with Gasteiger partial charge in [-0.1, -0.05) is 91.7 Å². The van der Waals surface area contributed by atoms with Gasteiger partial charge < -0.3 is 5.32 Å². The van der Waals surface area contributed by atoms with Crippen molar-refractivity contribution in [3.05, 3.63) is 92.6 Å². The summed E-state index contributed by atoms with van der Waals surface area (Å²) in [5, 5.41) is 4.17. The summed E-state index contributed by atoms with van der Waals surface area (Å²) in [6.07, 6.45) is 6.13. The molecule has 0 unspecified atom stereocenters. The minimum atomic E-state index is -0.161. The Labute approximate surface area is 230 Å². The molecule has 1 fully saturated rings. The van der Waals surface area contributed by atoms with Gasteiger partial charge in [-0.25, -0.2) is 4.98 Å². The number of ketones is 1. The lowest BCUT2D eigenvalue weighted by atomic mass is 9.95. The number of nitrogens with zero attached hydrogens (tertiary/aromatic N) is 2. The number of amides is 1. The minimum Gasteiger partial charge on any atom is -0.349 e. The smallest absolute Gasteiger partial charge is 0.263 e. The molecule has 0 aliphatic heterocycles. The van der Waals surface area contributed by atoms with Crippen LogP contribution in [0.2, 0.25) is 0 Å². The van der Waals surface area contributed by atoms with E-state index in [1.807, 2.05) is 55.5 Å². The molecule has 196 valence electrons. The summed E-state index contributed by atoms with van der Waals surface area (Å²) in [7, 11) is 0. The summed E-state index contributed by atoms with van der Waals surface area (Å²) in [6, 6.07) is 19.3. The predicted octanol–water partition coefficient (Wildman–Crippen LogP) is 6.05. The molecule has 8 heteroatoms. The molecular weight excluding hydrogens is 514 g/mol. The Balaban J connectivity index is 1.47. The first-order chi connectivity index (χ1) is 18.5. The van der Waals surface area contributed by atoms with Crippen molar-refractivity contribution in [3.8, 4) is 0 Å². The number of Topliss-reactive ketones (excluding diaryl/α,β-unsaturated/α-hetero) is 1. The molecule has 2 aromatic carbocycles.